The summed E-state index contributed by atoms with van der Waals surface area (Å²) < 4.78 is 8.90. The second-order valence-corrected chi connectivity index (χ2v) is 7.06. The molecular weight excluding hydrogens is 354 g/mol. The largest absolute Gasteiger partial charge is 0.478 e. The van der Waals surface area contributed by atoms with E-state index in [1.165, 1.54) is 0 Å². The number of benzene rings is 2. The zero-order valence-electron chi connectivity index (χ0n) is 15.0. The highest BCUT2D eigenvalue weighted by Gasteiger charge is 2.30. The van der Waals surface area contributed by atoms with Crippen LogP contribution in [0.2, 0.25) is 5.02 Å². The van der Waals surface area contributed by atoms with E-state index < -0.39 is 5.60 Å². The maximum Gasteiger partial charge on any atom is 0.328 e. The van der Waals surface area contributed by atoms with Crippen molar-refractivity contribution >= 4 is 34.2 Å². The maximum absolute atomic E-state index is 12.7. The Labute approximate surface area is 155 Å². The van der Waals surface area contributed by atoms with Gasteiger partial charge in [0.1, 0.15) is 5.75 Å². The maximum atomic E-state index is 12.7. The van der Waals surface area contributed by atoms with Crippen molar-refractivity contribution in [3.05, 3.63) is 58.0 Å². The van der Waals surface area contributed by atoms with Crippen LogP contribution in [0.5, 0.6) is 5.75 Å². The van der Waals surface area contributed by atoms with E-state index in [9.17, 15) is 9.59 Å². The number of aromatic nitrogens is 2. The highest BCUT2D eigenvalue weighted by molar-refractivity contribution is 6.30. The second kappa shape index (κ2) is 6.53. The summed E-state index contributed by atoms with van der Waals surface area (Å²) in [7, 11) is 3.41. The summed E-state index contributed by atoms with van der Waals surface area (Å²) in [5, 5.41) is 3.45. The number of ether oxygens (including phenoxy) is 1. The molecule has 136 valence electrons. The van der Waals surface area contributed by atoms with Crippen LogP contribution < -0.4 is 15.7 Å². The van der Waals surface area contributed by atoms with E-state index in [4.69, 9.17) is 16.3 Å². The van der Waals surface area contributed by atoms with Crippen LogP contribution in [-0.2, 0) is 18.9 Å². The van der Waals surface area contributed by atoms with Crippen LogP contribution in [0, 0.1) is 0 Å². The van der Waals surface area contributed by atoms with E-state index in [1.54, 1.807) is 79.5 Å². The van der Waals surface area contributed by atoms with E-state index in [2.05, 4.69) is 5.32 Å². The third-order valence-electron chi connectivity index (χ3n) is 4.26. The molecule has 0 atom stereocenters. The lowest BCUT2D eigenvalue weighted by molar-refractivity contribution is -0.128. The van der Waals surface area contributed by atoms with Crippen LogP contribution in [0.1, 0.15) is 13.8 Å². The highest BCUT2D eigenvalue weighted by atomic mass is 35.5. The van der Waals surface area contributed by atoms with Gasteiger partial charge in [-0.1, -0.05) is 11.6 Å². The quantitative estimate of drug-likeness (QED) is 0.762. The first-order chi connectivity index (χ1) is 12.2. The molecule has 3 rings (SSSR count). The van der Waals surface area contributed by atoms with Gasteiger partial charge in [-0.25, -0.2) is 4.79 Å². The Balaban J connectivity index is 1.82. The molecule has 1 N–H and O–H groups in total. The summed E-state index contributed by atoms with van der Waals surface area (Å²) >= 11 is 5.87. The van der Waals surface area contributed by atoms with Gasteiger partial charge in [-0.2, -0.15) is 0 Å². The topological polar surface area (TPSA) is 65.3 Å². The Kier molecular flexibility index (Phi) is 4.54. The zero-order valence-corrected chi connectivity index (χ0v) is 15.8. The van der Waals surface area contributed by atoms with E-state index in [-0.39, 0.29) is 11.6 Å². The smallest absolute Gasteiger partial charge is 0.328 e. The summed E-state index contributed by atoms with van der Waals surface area (Å²) in [5.41, 5.74) is 0.927. The zero-order chi connectivity index (χ0) is 19.1. The van der Waals surface area contributed by atoms with Crippen molar-refractivity contribution in [3.63, 3.8) is 0 Å². The van der Waals surface area contributed by atoms with Crippen molar-refractivity contribution in [2.24, 2.45) is 14.1 Å². The molecule has 0 fully saturated rings. The SMILES string of the molecule is Cn1c(=O)n(C)c2cc(NC(=O)C(C)(C)Oc3ccc(Cl)cc3)ccc21. The molecule has 1 amide bonds. The first-order valence-electron chi connectivity index (χ1n) is 8.10. The number of imidazole rings is 1. The van der Waals surface area contributed by atoms with Crippen molar-refractivity contribution in [2.45, 2.75) is 19.4 Å². The number of aryl methyl sites for hydroxylation is 2. The minimum absolute atomic E-state index is 0.116. The fourth-order valence-electron chi connectivity index (χ4n) is 2.71. The number of hydrogen-bond donors (Lipinski definition) is 1. The molecule has 6 nitrogen and oxygen atoms in total. The van der Waals surface area contributed by atoms with Crippen LogP contribution in [-0.4, -0.2) is 20.6 Å². The first kappa shape index (κ1) is 18.1. The second-order valence-electron chi connectivity index (χ2n) is 6.62. The van der Waals surface area contributed by atoms with E-state index >= 15 is 0 Å². The van der Waals surface area contributed by atoms with Gasteiger partial charge in [0.05, 0.1) is 11.0 Å². The van der Waals surface area contributed by atoms with E-state index in [0.29, 0.717) is 16.5 Å². The van der Waals surface area contributed by atoms with Crippen LogP contribution in [0.25, 0.3) is 11.0 Å². The molecule has 0 bridgehead atoms. The average Bonchev–Trinajstić information content (AvgIpc) is 2.81. The monoisotopic (exact) mass is 373 g/mol. The van der Waals surface area contributed by atoms with Crippen LogP contribution in [0.3, 0.4) is 0 Å². The number of carbonyl (C=O) groups is 1. The first-order valence-corrected chi connectivity index (χ1v) is 8.48. The number of carbonyl (C=O) groups excluding carboxylic acids is 1. The van der Waals surface area contributed by atoms with Gasteiger partial charge in [0.15, 0.2) is 5.60 Å². The number of amides is 1. The number of hydrogen-bond acceptors (Lipinski definition) is 3. The molecule has 1 heterocycles. The minimum atomic E-state index is -1.09. The molecular formula is C19H20ClN3O3. The van der Waals surface area contributed by atoms with E-state index in [0.717, 1.165) is 11.0 Å². The number of nitrogens with zero attached hydrogens (tertiary/aromatic N) is 2. The molecule has 0 aliphatic rings. The van der Waals surface area contributed by atoms with Gasteiger partial charge in [-0.3, -0.25) is 13.9 Å². The third-order valence-corrected chi connectivity index (χ3v) is 4.52. The molecule has 0 unspecified atom stereocenters. The molecule has 0 aliphatic carbocycles. The molecule has 0 radical (unpaired) electrons. The number of halogens is 1. The normalized spacial score (nSPS) is 11.6. The standard InChI is InChI=1S/C19H20ClN3O3/c1-19(2,26-14-8-5-12(20)6-9-14)17(24)21-13-7-10-15-16(11-13)23(4)18(25)22(15)3/h5-11H,1-4H3,(H,21,24). The average molecular weight is 374 g/mol. The van der Waals surface area contributed by atoms with Gasteiger partial charge in [0, 0.05) is 24.8 Å². The number of rotatable bonds is 4. The van der Waals surface area contributed by atoms with Crippen LogP contribution in [0.15, 0.2) is 47.3 Å². The van der Waals surface area contributed by atoms with Crippen molar-refractivity contribution < 1.29 is 9.53 Å². The molecule has 1 aromatic heterocycles. The van der Waals surface area contributed by atoms with Gasteiger partial charge in [-0.05, 0) is 56.3 Å². The lowest BCUT2D eigenvalue weighted by Crippen LogP contribution is -2.42. The molecule has 0 aliphatic heterocycles. The molecule has 7 heteroatoms. The summed E-state index contributed by atoms with van der Waals surface area (Å²) in [6.07, 6.45) is 0. The summed E-state index contributed by atoms with van der Waals surface area (Å²) in [6, 6.07) is 12.2. The van der Waals surface area contributed by atoms with Gasteiger partial charge in [0.25, 0.3) is 5.91 Å². The van der Waals surface area contributed by atoms with Crippen molar-refractivity contribution in [1.82, 2.24) is 9.13 Å². The van der Waals surface area contributed by atoms with Crippen molar-refractivity contribution in [1.29, 1.82) is 0 Å². The molecule has 3 aromatic rings. The molecule has 2 aromatic carbocycles. The van der Waals surface area contributed by atoms with Gasteiger partial charge < -0.3 is 10.1 Å². The van der Waals surface area contributed by atoms with Gasteiger partial charge >= 0.3 is 5.69 Å². The number of anilines is 1. The minimum Gasteiger partial charge on any atom is -0.478 e. The van der Waals surface area contributed by atoms with Crippen LogP contribution >= 0.6 is 11.6 Å². The summed E-state index contributed by atoms with van der Waals surface area (Å²) in [4.78, 5) is 24.7. The highest BCUT2D eigenvalue weighted by Crippen LogP contribution is 2.23. The lowest BCUT2D eigenvalue weighted by atomic mass is 10.1. The molecule has 26 heavy (non-hydrogen) atoms. The molecule has 0 saturated heterocycles. The summed E-state index contributed by atoms with van der Waals surface area (Å²) in [6.45, 7) is 3.38. The van der Waals surface area contributed by atoms with Crippen molar-refractivity contribution in [2.75, 3.05) is 5.32 Å². The molecule has 0 saturated carbocycles. The van der Waals surface area contributed by atoms with Crippen molar-refractivity contribution in [3.8, 4) is 5.75 Å². The number of nitrogens with one attached hydrogen (secondary N) is 1. The number of fused-ring (bicyclic) bond motifs is 1. The fraction of sp³-hybridized carbons (Fsp3) is 0.263. The summed E-state index contributed by atoms with van der Waals surface area (Å²) in [5.74, 6) is 0.253. The predicted molar refractivity (Wildman–Crippen MR) is 103 cm³/mol. The Morgan fingerprint density at radius 1 is 1.04 bits per heavy atom. The third kappa shape index (κ3) is 3.32. The van der Waals surface area contributed by atoms with E-state index in [1.807, 2.05) is 0 Å². The van der Waals surface area contributed by atoms with Crippen LogP contribution in [0.4, 0.5) is 5.69 Å². The lowest BCUT2D eigenvalue weighted by Gasteiger charge is -2.25. The Bertz CT molecular complexity index is 1030. The predicted octanol–water partition coefficient (Wildman–Crippen LogP) is 3.33. The van der Waals surface area contributed by atoms with Gasteiger partial charge in [-0.15, -0.1) is 0 Å². The Morgan fingerprint density at radius 2 is 1.65 bits per heavy atom. The fourth-order valence-corrected chi connectivity index (χ4v) is 2.84. The molecule has 0 spiro atoms. The Hall–Kier alpha value is -2.73. The van der Waals surface area contributed by atoms with Gasteiger partial charge in [0.2, 0.25) is 0 Å². The Morgan fingerprint density at radius 3 is 2.31 bits per heavy atom.